The third-order valence-electron chi connectivity index (χ3n) is 12.3. The minimum absolute atomic E-state index is 0.0570. The van der Waals surface area contributed by atoms with E-state index in [0.29, 0.717) is 71.2 Å². The second-order valence-electron chi connectivity index (χ2n) is 17.8. The summed E-state index contributed by atoms with van der Waals surface area (Å²) < 4.78 is 32.3. The largest absolute Gasteiger partial charge is 0.381 e. The van der Waals surface area contributed by atoms with Gasteiger partial charge in [-0.2, -0.15) is 0 Å². The molecule has 2 saturated heterocycles. The average Bonchev–Trinajstić information content (AvgIpc) is 3.37. The molecular formula is C38H65N5O8S. The highest BCUT2D eigenvalue weighted by molar-refractivity contribution is 7.92. The molecule has 4 rings (SSSR count). The minimum Gasteiger partial charge on any atom is -0.381 e. The number of hydrogen-bond acceptors (Lipinski definition) is 8. The number of nitrogens with one attached hydrogen (secondary N) is 4. The van der Waals surface area contributed by atoms with E-state index in [4.69, 9.17) is 4.74 Å². The molecule has 5 amide bonds. The van der Waals surface area contributed by atoms with Crippen molar-refractivity contribution in [1.29, 1.82) is 0 Å². The lowest BCUT2D eigenvalue weighted by Crippen LogP contribution is -2.64. The zero-order valence-electron chi connectivity index (χ0n) is 32.8. The summed E-state index contributed by atoms with van der Waals surface area (Å²) in [5, 5.41) is 11.4. The van der Waals surface area contributed by atoms with Crippen LogP contribution in [-0.2, 0) is 33.8 Å². The van der Waals surface area contributed by atoms with Gasteiger partial charge >= 0.3 is 6.03 Å². The smallest absolute Gasteiger partial charge is 0.315 e. The van der Waals surface area contributed by atoms with Crippen LogP contribution in [0, 0.1) is 22.7 Å². The van der Waals surface area contributed by atoms with Gasteiger partial charge in [-0.3, -0.25) is 19.2 Å². The topological polar surface area (TPSA) is 180 Å². The third kappa shape index (κ3) is 9.13. The number of rotatable bonds is 15. The van der Waals surface area contributed by atoms with E-state index < -0.39 is 73.2 Å². The van der Waals surface area contributed by atoms with E-state index in [-0.39, 0.29) is 23.0 Å². The second kappa shape index (κ2) is 16.3. The number of fused-ring (bicyclic) bond motifs is 1. The van der Waals surface area contributed by atoms with E-state index >= 15 is 0 Å². The highest BCUT2D eigenvalue weighted by atomic mass is 32.2. The molecule has 2 aliphatic heterocycles. The van der Waals surface area contributed by atoms with Crippen molar-refractivity contribution >= 4 is 39.4 Å². The Labute approximate surface area is 311 Å². The molecule has 296 valence electrons. The number of sulfone groups is 1. The Morgan fingerprint density at radius 3 is 2.12 bits per heavy atom. The number of ketones is 1. The van der Waals surface area contributed by atoms with Crippen LogP contribution in [-0.4, -0.2) is 103 Å². The van der Waals surface area contributed by atoms with Crippen LogP contribution in [0.1, 0.15) is 126 Å². The lowest BCUT2D eigenvalue weighted by molar-refractivity contribution is -0.145. The first-order valence-electron chi connectivity index (χ1n) is 19.6. The van der Waals surface area contributed by atoms with Gasteiger partial charge in [0.1, 0.15) is 12.1 Å². The van der Waals surface area contributed by atoms with Gasteiger partial charge in [0, 0.05) is 26.3 Å². The normalized spacial score (nSPS) is 25.9. The van der Waals surface area contributed by atoms with Gasteiger partial charge in [0.05, 0.1) is 22.1 Å². The summed E-state index contributed by atoms with van der Waals surface area (Å²) >= 11 is 0. The Morgan fingerprint density at radius 1 is 0.904 bits per heavy atom. The summed E-state index contributed by atoms with van der Waals surface area (Å²) in [7, 11) is -3.63. The maximum absolute atomic E-state index is 14.6. The Bertz CT molecular complexity index is 1440. The Kier molecular flexibility index (Phi) is 13.2. The molecule has 0 aromatic carbocycles. The zero-order chi connectivity index (χ0) is 38.7. The number of carbonyl (C=O) groups excluding carboxylic acids is 5. The molecule has 14 heteroatoms. The summed E-state index contributed by atoms with van der Waals surface area (Å²) in [6.45, 7) is 16.7. The summed E-state index contributed by atoms with van der Waals surface area (Å²) in [6.07, 6.45) is 6.71. The van der Waals surface area contributed by atoms with Crippen molar-refractivity contribution in [2.45, 2.75) is 154 Å². The highest BCUT2D eigenvalue weighted by Gasteiger charge is 2.70. The molecule has 2 heterocycles. The van der Waals surface area contributed by atoms with Gasteiger partial charge in [-0.15, -0.1) is 0 Å². The molecule has 0 bridgehead atoms. The fourth-order valence-corrected chi connectivity index (χ4v) is 10.9. The SMILES string of the molecule is CCCC[C@H](NC(=O)[C@@H]1[C@@H]2[C@H](CN1C(=O)[C@@H](NC(=O)NC1(CS(=O)(=O)C3(C)CCOCC3)CCCCC1)C(C)(C)C)C2(C)C)C(=O)C(=O)NCCC. The van der Waals surface area contributed by atoms with Gasteiger partial charge in [0.25, 0.3) is 5.91 Å². The predicted octanol–water partition coefficient (Wildman–Crippen LogP) is 3.64. The van der Waals surface area contributed by atoms with E-state index in [1.54, 1.807) is 6.92 Å². The average molecular weight is 752 g/mol. The Morgan fingerprint density at radius 2 is 1.54 bits per heavy atom. The van der Waals surface area contributed by atoms with Crippen LogP contribution in [0.25, 0.3) is 0 Å². The van der Waals surface area contributed by atoms with Crippen molar-refractivity contribution in [3.63, 3.8) is 0 Å². The van der Waals surface area contributed by atoms with Crippen LogP contribution in [0.3, 0.4) is 0 Å². The van der Waals surface area contributed by atoms with E-state index in [1.165, 1.54) is 4.90 Å². The molecule has 0 aromatic heterocycles. The van der Waals surface area contributed by atoms with Gasteiger partial charge in [0.15, 0.2) is 9.84 Å². The van der Waals surface area contributed by atoms with Crippen molar-refractivity contribution in [3.8, 4) is 0 Å². The Hall–Kier alpha value is -2.74. The zero-order valence-corrected chi connectivity index (χ0v) is 33.6. The number of urea groups is 1. The molecule has 52 heavy (non-hydrogen) atoms. The number of piperidine rings is 1. The number of ether oxygens (including phenoxy) is 1. The van der Waals surface area contributed by atoms with Gasteiger partial charge in [0.2, 0.25) is 17.6 Å². The van der Waals surface area contributed by atoms with Crippen LogP contribution in [0.2, 0.25) is 0 Å². The molecule has 2 saturated carbocycles. The number of carbonyl (C=O) groups is 5. The van der Waals surface area contributed by atoms with Gasteiger partial charge in [-0.05, 0) is 68.1 Å². The van der Waals surface area contributed by atoms with Gasteiger partial charge in [-0.1, -0.05) is 80.6 Å². The molecule has 0 aromatic rings. The Balaban J connectivity index is 1.54. The fourth-order valence-electron chi connectivity index (χ4n) is 8.64. The first-order valence-corrected chi connectivity index (χ1v) is 21.2. The number of unbranched alkanes of at least 4 members (excludes halogenated alkanes) is 1. The van der Waals surface area contributed by atoms with Crippen molar-refractivity contribution < 1.29 is 37.1 Å². The van der Waals surface area contributed by atoms with Crippen LogP contribution >= 0.6 is 0 Å². The van der Waals surface area contributed by atoms with Crippen LogP contribution in [0.5, 0.6) is 0 Å². The van der Waals surface area contributed by atoms with Crippen molar-refractivity contribution in [1.82, 2.24) is 26.2 Å². The maximum Gasteiger partial charge on any atom is 0.315 e. The second-order valence-corrected chi connectivity index (χ2v) is 20.3. The quantitative estimate of drug-likeness (QED) is 0.183. The van der Waals surface area contributed by atoms with E-state index in [2.05, 4.69) is 35.1 Å². The van der Waals surface area contributed by atoms with Crippen LogP contribution < -0.4 is 21.3 Å². The number of hydrogen-bond donors (Lipinski definition) is 4. The number of amides is 5. The number of likely N-dealkylation sites (tertiary alicyclic amines) is 1. The molecule has 13 nitrogen and oxygen atoms in total. The van der Waals surface area contributed by atoms with E-state index in [0.717, 1.165) is 25.7 Å². The lowest BCUT2D eigenvalue weighted by atomic mass is 9.83. The summed E-state index contributed by atoms with van der Waals surface area (Å²) in [4.78, 5) is 70.0. The van der Waals surface area contributed by atoms with Gasteiger partial charge < -0.3 is 30.9 Å². The van der Waals surface area contributed by atoms with E-state index in [1.807, 2.05) is 34.6 Å². The molecule has 2 aliphatic carbocycles. The lowest BCUT2D eigenvalue weighted by Gasteiger charge is -2.42. The minimum atomic E-state index is -3.63. The molecular weight excluding hydrogens is 687 g/mol. The summed E-state index contributed by atoms with van der Waals surface area (Å²) in [5.74, 6) is -2.60. The number of Topliss-reactive ketones (excluding diaryl/α,β-unsaturated/α-hetero) is 1. The monoisotopic (exact) mass is 751 g/mol. The predicted molar refractivity (Wildman–Crippen MR) is 199 cm³/mol. The standard InChI is InChI=1S/C38H65N5O8S/c1-9-11-15-26(29(44)32(46)39-20-10-2)40-31(45)28-27-25(36(27,6)7)23-43(28)33(47)30(35(3,4)5)41-34(48)42-38(16-13-12-14-17-38)24-52(49,50)37(8)18-21-51-22-19-37/h25-28,30H,9-24H2,1-8H3,(H,39,46)(H,40,45)(H2,41,42,48)/t25-,26-,27-,28-,30+/m0/s1. The highest BCUT2D eigenvalue weighted by Crippen LogP contribution is 2.65. The van der Waals surface area contributed by atoms with Crippen molar-refractivity contribution in [2.24, 2.45) is 22.7 Å². The molecule has 4 N–H and O–H groups in total. The molecule has 0 spiro atoms. The van der Waals surface area contributed by atoms with Crippen LogP contribution in [0.15, 0.2) is 0 Å². The van der Waals surface area contributed by atoms with Gasteiger partial charge in [-0.25, -0.2) is 13.2 Å². The van der Waals surface area contributed by atoms with Crippen LogP contribution in [0.4, 0.5) is 4.79 Å². The summed E-state index contributed by atoms with van der Waals surface area (Å²) in [5.41, 5.74) is -1.95. The third-order valence-corrected chi connectivity index (χ3v) is 15.2. The molecule has 4 fully saturated rings. The van der Waals surface area contributed by atoms with Crippen molar-refractivity contribution in [2.75, 3.05) is 32.1 Å². The fraction of sp³-hybridized carbons (Fsp3) is 0.868. The summed E-state index contributed by atoms with van der Waals surface area (Å²) in [6, 6.07) is -3.55. The molecule has 0 radical (unpaired) electrons. The maximum atomic E-state index is 14.6. The first kappa shape index (κ1) is 42.0. The molecule has 5 atom stereocenters. The molecule has 0 unspecified atom stereocenters. The van der Waals surface area contributed by atoms with E-state index in [9.17, 15) is 32.4 Å². The van der Waals surface area contributed by atoms with Crippen molar-refractivity contribution in [3.05, 3.63) is 0 Å². The number of nitrogens with zero attached hydrogens (tertiary/aromatic N) is 1. The molecule has 4 aliphatic rings. The first-order chi connectivity index (χ1) is 24.2.